The van der Waals surface area contributed by atoms with Gasteiger partial charge in [0.1, 0.15) is 11.5 Å². The second-order valence-electron chi connectivity index (χ2n) is 9.85. The number of halogens is 3. The van der Waals surface area contributed by atoms with Crippen molar-refractivity contribution in [1.29, 1.82) is 0 Å². The number of piperidine rings is 1. The molecule has 188 valence electrons. The van der Waals surface area contributed by atoms with Gasteiger partial charge in [-0.2, -0.15) is 5.10 Å². The first kappa shape index (κ1) is 23.1. The molecule has 2 aromatic carbocycles. The number of esters is 1. The molecule has 1 aliphatic heterocycles. The monoisotopic (exact) mass is 497 g/mol. The van der Waals surface area contributed by atoms with Gasteiger partial charge in [-0.25, -0.2) is 22.6 Å². The van der Waals surface area contributed by atoms with E-state index in [2.05, 4.69) is 14.7 Å². The van der Waals surface area contributed by atoms with Gasteiger partial charge < -0.3 is 14.4 Å². The van der Waals surface area contributed by atoms with Gasteiger partial charge in [0, 0.05) is 24.2 Å². The van der Waals surface area contributed by atoms with Crippen LogP contribution in [0.1, 0.15) is 53.2 Å². The number of hydrogen-bond donors (Lipinski definition) is 0. The minimum atomic E-state index is -0.699. The summed E-state index contributed by atoms with van der Waals surface area (Å²) >= 11 is 0. The normalized spacial score (nSPS) is 22.9. The second-order valence-corrected chi connectivity index (χ2v) is 9.85. The summed E-state index contributed by atoms with van der Waals surface area (Å²) in [6.07, 6.45) is 5.46. The number of carbonyl (C=O) groups is 1. The largest absolute Gasteiger partial charge is 0.465 e. The quantitative estimate of drug-likeness (QED) is 0.424. The molecule has 1 aromatic heterocycles. The van der Waals surface area contributed by atoms with Crippen molar-refractivity contribution in [3.63, 3.8) is 0 Å². The Morgan fingerprint density at radius 1 is 1.08 bits per heavy atom. The zero-order valence-electron chi connectivity index (χ0n) is 19.8. The van der Waals surface area contributed by atoms with E-state index in [4.69, 9.17) is 4.74 Å². The number of para-hydroxylation sites is 1. The molecule has 3 fully saturated rings. The fraction of sp³-hybridized carbons (Fsp3) is 0.407. The average Bonchev–Trinajstić information content (AvgIpc) is 3.32. The predicted molar refractivity (Wildman–Crippen MR) is 126 cm³/mol. The topological polar surface area (TPSA) is 56.6 Å². The lowest BCUT2D eigenvalue weighted by molar-refractivity contribution is 0.00986. The van der Waals surface area contributed by atoms with Crippen LogP contribution >= 0.6 is 0 Å². The van der Waals surface area contributed by atoms with Crippen molar-refractivity contribution in [1.82, 2.24) is 9.78 Å². The number of rotatable bonds is 7. The lowest BCUT2D eigenvalue weighted by Gasteiger charge is -2.33. The van der Waals surface area contributed by atoms with Gasteiger partial charge in [0.2, 0.25) is 0 Å². The lowest BCUT2D eigenvalue weighted by atomic mass is 10.0. The molecule has 0 amide bonds. The van der Waals surface area contributed by atoms with Crippen LogP contribution in [-0.4, -0.2) is 41.6 Å². The van der Waals surface area contributed by atoms with Crippen LogP contribution in [-0.2, 0) is 16.1 Å². The molecule has 3 aromatic rings. The Morgan fingerprint density at radius 2 is 1.86 bits per heavy atom. The lowest BCUT2D eigenvalue weighted by Crippen LogP contribution is -2.38. The number of nitrogens with zero attached hydrogens (tertiary/aromatic N) is 3. The molecule has 36 heavy (non-hydrogen) atoms. The molecule has 6 nitrogen and oxygen atoms in total. The number of carbonyl (C=O) groups excluding carboxylic acids is 1. The molecule has 3 atom stereocenters. The summed E-state index contributed by atoms with van der Waals surface area (Å²) in [6.45, 7) is 0.930. The Bertz CT molecular complexity index is 1300. The summed E-state index contributed by atoms with van der Waals surface area (Å²) in [5, 5.41) is 4.33. The summed E-state index contributed by atoms with van der Waals surface area (Å²) in [5.74, 6) is -2.02. The molecule has 0 spiro atoms. The third-order valence-electron chi connectivity index (χ3n) is 7.67. The Labute approximate surface area is 206 Å². The summed E-state index contributed by atoms with van der Waals surface area (Å²) in [7, 11) is 1.22. The average molecular weight is 498 g/mol. The van der Waals surface area contributed by atoms with Crippen molar-refractivity contribution < 1.29 is 27.4 Å². The van der Waals surface area contributed by atoms with E-state index in [9.17, 15) is 18.0 Å². The molecular weight excluding hydrogens is 471 g/mol. The first-order chi connectivity index (χ1) is 17.4. The smallest absolute Gasteiger partial charge is 0.340 e. The van der Waals surface area contributed by atoms with E-state index >= 15 is 0 Å². The van der Waals surface area contributed by atoms with Crippen LogP contribution in [0.25, 0.3) is 5.69 Å². The van der Waals surface area contributed by atoms with Crippen molar-refractivity contribution in [3.05, 3.63) is 76.9 Å². The van der Waals surface area contributed by atoms with Crippen molar-refractivity contribution in [3.8, 4) is 5.69 Å². The Hall–Kier alpha value is -3.33. The van der Waals surface area contributed by atoms with Crippen LogP contribution in [0.2, 0.25) is 0 Å². The highest BCUT2D eigenvalue weighted by molar-refractivity contribution is 5.90. The van der Waals surface area contributed by atoms with Gasteiger partial charge in [-0.15, -0.1) is 0 Å². The van der Waals surface area contributed by atoms with Gasteiger partial charge in [-0.05, 0) is 67.5 Å². The second kappa shape index (κ2) is 8.96. The Kier molecular flexibility index (Phi) is 5.75. The maximum Gasteiger partial charge on any atom is 0.340 e. The van der Waals surface area contributed by atoms with Crippen molar-refractivity contribution in [2.75, 3.05) is 18.6 Å². The van der Waals surface area contributed by atoms with E-state index in [-0.39, 0.29) is 35.9 Å². The van der Waals surface area contributed by atoms with E-state index in [1.807, 2.05) is 0 Å². The molecule has 0 N–H and O–H groups in total. The number of anilines is 1. The van der Waals surface area contributed by atoms with Crippen molar-refractivity contribution in [2.24, 2.45) is 5.92 Å². The van der Waals surface area contributed by atoms with Crippen LogP contribution < -0.4 is 4.90 Å². The highest BCUT2D eigenvalue weighted by Crippen LogP contribution is 2.45. The summed E-state index contributed by atoms with van der Waals surface area (Å²) < 4.78 is 55.8. The number of aromatic nitrogens is 2. The molecule has 0 radical (unpaired) electrons. The van der Waals surface area contributed by atoms with Crippen LogP contribution in [0, 0.1) is 23.4 Å². The fourth-order valence-corrected chi connectivity index (χ4v) is 5.72. The fourth-order valence-electron chi connectivity index (χ4n) is 5.72. The summed E-state index contributed by atoms with van der Waals surface area (Å²) in [6, 6.07) is 8.57. The maximum atomic E-state index is 14.5. The molecule has 9 heteroatoms. The standard InChI is InChI=1S/C27H26F3N3O3/c1-35-27(34)19-8-7-17(10-23(19)30)32-13-16-9-18(32)11-25(16)36-14-24-20(15-5-6-15)12-31-33(24)26-21(28)3-2-4-22(26)29/h2-4,7-8,10,12,15-16,18,25H,5-6,9,11,13-14H2,1H3/t16-,18-,25+/m0/s1. The van der Waals surface area contributed by atoms with Gasteiger partial charge in [0.05, 0.1) is 37.3 Å². The Balaban J connectivity index is 1.17. The number of fused-ring (bicyclic) bond motifs is 2. The van der Waals surface area contributed by atoms with E-state index in [1.54, 1.807) is 12.3 Å². The van der Waals surface area contributed by atoms with E-state index in [1.165, 1.54) is 42.1 Å². The van der Waals surface area contributed by atoms with Crippen LogP contribution in [0.5, 0.6) is 0 Å². The summed E-state index contributed by atoms with van der Waals surface area (Å²) in [4.78, 5) is 13.8. The van der Waals surface area contributed by atoms with Crippen molar-refractivity contribution >= 4 is 11.7 Å². The molecule has 1 saturated heterocycles. The van der Waals surface area contributed by atoms with E-state index in [0.29, 0.717) is 18.2 Å². The maximum absolute atomic E-state index is 14.5. The van der Waals surface area contributed by atoms with Gasteiger partial charge in [0.25, 0.3) is 0 Å². The van der Waals surface area contributed by atoms with Crippen LogP contribution in [0.3, 0.4) is 0 Å². The Morgan fingerprint density at radius 3 is 2.50 bits per heavy atom. The van der Waals surface area contributed by atoms with Gasteiger partial charge >= 0.3 is 5.97 Å². The molecule has 2 heterocycles. The number of benzene rings is 2. The van der Waals surface area contributed by atoms with Crippen molar-refractivity contribution in [2.45, 2.75) is 50.4 Å². The van der Waals surface area contributed by atoms with E-state index in [0.717, 1.165) is 36.9 Å². The highest BCUT2D eigenvalue weighted by atomic mass is 19.1. The number of hydrogen-bond acceptors (Lipinski definition) is 5. The zero-order chi connectivity index (χ0) is 25.0. The third-order valence-corrected chi connectivity index (χ3v) is 7.67. The number of methoxy groups -OCH3 is 1. The summed E-state index contributed by atoms with van der Waals surface area (Å²) in [5.41, 5.74) is 2.15. The van der Waals surface area contributed by atoms with Gasteiger partial charge in [0.15, 0.2) is 11.6 Å². The van der Waals surface area contributed by atoms with Crippen LogP contribution in [0.4, 0.5) is 18.9 Å². The molecule has 2 saturated carbocycles. The predicted octanol–water partition coefficient (Wildman–Crippen LogP) is 5.14. The molecule has 2 bridgehead atoms. The molecular formula is C27H26F3N3O3. The SMILES string of the molecule is COC(=O)c1ccc(N2C[C@@H]3C[C@H]2C[C@H]3OCc2c(C3CC3)cnn2-c2c(F)cccc2F)cc1F. The molecule has 2 aliphatic carbocycles. The first-order valence-corrected chi connectivity index (χ1v) is 12.2. The molecule has 3 aliphatic rings. The first-order valence-electron chi connectivity index (χ1n) is 12.2. The highest BCUT2D eigenvalue weighted by Gasteiger charge is 2.45. The van der Waals surface area contributed by atoms with Gasteiger partial charge in [-0.1, -0.05) is 6.07 Å². The zero-order valence-corrected chi connectivity index (χ0v) is 19.8. The molecule has 0 unspecified atom stereocenters. The number of ether oxygens (including phenoxy) is 2. The minimum Gasteiger partial charge on any atom is -0.465 e. The third kappa shape index (κ3) is 3.95. The van der Waals surface area contributed by atoms with Gasteiger partial charge in [-0.3, -0.25) is 0 Å². The molecule has 6 rings (SSSR count). The minimum absolute atomic E-state index is 0.00805. The van der Waals surface area contributed by atoms with E-state index < -0.39 is 23.4 Å². The van der Waals surface area contributed by atoms with Crippen LogP contribution in [0.15, 0.2) is 42.6 Å².